The predicted octanol–water partition coefficient (Wildman–Crippen LogP) is 8.60. The van der Waals surface area contributed by atoms with Crippen LogP contribution in [0.25, 0.3) is 22.2 Å². The Morgan fingerprint density at radius 3 is 2.24 bits per heavy atom. The zero-order valence-corrected chi connectivity index (χ0v) is 29.6. The number of carbonyl (C=O) groups is 1. The first kappa shape index (κ1) is 33.4. The Morgan fingerprint density at radius 2 is 1.58 bits per heavy atom. The number of rotatable bonds is 9. The van der Waals surface area contributed by atoms with Crippen LogP contribution in [-0.2, 0) is 25.0 Å². The van der Waals surface area contributed by atoms with E-state index < -0.39 is 5.60 Å². The van der Waals surface area contributed by atoms with Crippen molar-refractivity contribution in [1.29, 1.82) is 0 Å². The summed E-state index contributed by atoms with van der Waals surface area (Å²) in [6.07, 6.45) is 2.90. The van der Waals surface area contributed by atoms with Crippen molar-refractivity contribution in [3.8, 4) is 28.8 Å². The summed E-state index contributed by atoms with van der Waals surface area (Å²) in [7, 11) is 1.95. The molecular formula is C41H46N4O5. The first-order chi connectivity index (χ1) is 24.0. The van der Waals surface area contributed by atoms with E-state index in [-0.39, 0.29) is 17.6 Å². The van der Waals surface area contributed by atoms with Crippen molar-refractivity contribution >= 4 is 17.0 Å². The van der Waals surface area contributed by atoms with Gasteiger partial charge in [-0.1, -0.05) is 67.6 Å². The van der Waals surface area contributed by atoms with Crippen molar-refractivity contribution in [1.82, 2.24) is 19.7 Å². The molecule has 5 aromatic rings. The molecule has 1 saturated heterocycles. The van der Waals surface area contributed by atoms with E-state index in [1.165, 1.54) is 0 Å². The van der Waals surface area contributed by atoms with Crippen LogP contribution < -0.4 is 14.2 Å². The van der Waals surface area contributed by atoms with Gasteiger partial charge in [-0.25, -0.2) is 4.79 Å². The average molecular weight is 675 g/mol. The molecule has 3 heterocycles. The number of ether oxygens (including phenoxy) is 4. The van der Waals surface area contributed by atoms with Crippen LogP contribution in [0.2, 0.25) is 0 Å². The summed E-state index contributed by atoms with van der Waals surface area (Å²) in [5.74, 6) is 2.14. The molecule has 0 bridgehead atoms. The van der Waals surface area contributed by atoms with Crippen molar-refractivity contribution in [2.24, 2.45) is 18.4 Å². The molecule has 2 fully saturated rings. The Labute approximate surface area is 294 Å². The summed E-state index contributed by atoms with van der Waals surface area (Å²) in [6, 6.07) is 30.1. The van der Waals surface area contributed by atoms with Gasteiger partial charge < -0.3 is 23.8 Å². The molecule has 3 aromatic carbocycles. The van der Waals surface area contributed by atoms with E-state index in [0.717, 1.165) is 71.4 Å². The minimum Gasteiger partial charge on any atom is -0.490 e. The number of fused-ring (bicyclic) bond motifs is 1. The zero-order valence-electron chi connectivity index (χ0n) is 29.6. The van der Waals surface area contributed by atoms with Crippen LogP contribution in [0.3, 0.4) is 0 Å². The molecule has 0 unspecified atom stereocenters. The van der Waals surface area contributed by atoms with Crippen LogP contribution in [0.5, 0.6) is 17.5 Å². The Morgan fingerprint density at radius 1 is 0.900 bits per heavy atom. The molecule has 50 heavy (non-hydrogen) atoms. The van der Waals surface area contributed by atoms with Gasteiger partial charge in [-0.15, -0.1) is 0 Å². The lowest BCUT2D eigenvalue weighted by Crippen LogP contribution is -2.61. The fourth-order valence-corrected chi connectivity index (χ4v) is 7.27. The van der Waals surface area contributed by atoms with Gasteiger partial charge in [0.25, 0.3) is 0 Å². The second kappa shape index (κ2) is 13.7. The molecule has 1 saturated carbocycles. The van der Waals surface area contributed by atoms with Crippen LogP contribution >= 0.6 is 0 Å². The van der Waals surface area contributed by atoms with E-state index in [1.54, 1.807) is 0 Å². The number of likely N-dealkylation sites (tertiary alicyclic amines) is 1. The van der Waals surface area contributed by atoms with Gasteiger partial charge in [-0.2, -0.15) is 10.1 Å². The molecule has 1 aliphatic heterocycles. The highest BCUT2D eigenvalue weighted by atomic mass is 16.6. The Hall–Kier alpha value is -5.05. The predicted molar refractivity (Wildman–Crippen MR) is 193 cm³/mol. The fraction of sp³-hybridized carbons (Fsp3) is 0.390. The standard InChI is InChI=1S/C41H46N4O5/c1-28-23-41(26-45(27-41)39(46)50-40(2,3)4)21-20-35(28)49-31-16-17-32-34(22-31)44(5)43-37(32)33-18-19-36(47-24-29-12-8-6-9-13-29)42-38(33)48-25-30-14-10-7-11-15-30/h6-19,22,28,35H,20-21,23-27H2,1-5H3/t28-,35-/m0/s1. The number of pyridine rings is 1. The minimum absolute atomic E-state index is 0.104. The van der Waals surface area contributed by atoms with Crippen molar-refractivity contribution in [2.45, 2.75) is 71.9 Å². The van der Waals surface area contributed by atoms with Crippen molar-refractivity contribution in [3.05, 3.63) is 102 Å². The van der Waals surface area contributed by atoms with Crippen LogP contribution in [0.4, 0.5) is 4.79 Å². The van der Waals surface area contributed by atoms with Crippen LogP contribution in [0.15, 0.2) is 91.0 Å². The molecule has 1 spiro atoms. The number of benzene rings is 3. The van der Waals surface area contributed by atoms with Gasteiger partial charge >= 0.3 is 6.09 Å². The second-order valence-corrected chi connectivity index (χ2v) is 14.9. The zero-order chi connectivity index (χ0) is 34.9. The monoisotopic (exact) mass is 674 g/mol. The number of carbonyl (C=O) groups excluding carboxylic acids is 1. The minimum atomic E-state index is -0.480. The molecule has 1 aliphatic carbocycles. The van der Waals surface area contributed by atoms with Crippen molar-refractivity contribution in [2.75, 3.05) is 13.1 Å². The van der Waals surface area contributed by atoms with Crippen LogP contribution in [0.1, 0.15) is 58.1 Å². The van der Waals surface area contributed by atoms with Gasteiger partial charge in [0, 0.05) is 43.1 Å². The number of nitrogens with zero attached hydrogens (tertiary/aromatic N) is 4. The quantitative estimate of drug-likeness (QED) is 0.155. The number of aromatic nitrogens is 3. The summed E-state index contributed by atoms with van der Waals surface area (Å²) in [5.41, 5.74) is 4.33. The van der Waals surface area contributed by atoms with Gasteiger partial charge in [0.15, 0.2) is 0 Å². The summed E-state index contributed by atoms with van der Waals surface area (Å²) in [4.78, 5) is 19.2. The highest BCUT2D eigenvalue weighted by Crippen LogP contribution is 2.47. The highest BCUT2D eigenvalue weighted by molar-refractivity contribution is 5.95. The Kier molecular flexibility index (Phi) is 9.16. The lowest BCUT2D eigenvalue weighted by Gasteiger charge is -2.54. The highest BCUT2D eigenvalue weighted by Gasteiger charge is 2.50. The van der Waals surface area contributed by atoms with Crippen LogP contribution in [0, 0.1) is 11.3 Å². The van der Waals surface area contributed by atoms with Gasteiger partial charge in [0.05, 0.1) is 11.1 Å². The summed E-state index contributed by atoms with van der Waals surface area (Å²) in [6.45, 7) is 10.3. The molecule has 2 aliphatic rings. The largest absolute Gasteiger partial charge is 0.490 e. The van der Waals surface area contributed by atoms with Crippen LogP contribution in [-0.4, -0.2) is 50.6 Å². The molecule has 0 radical (unpaired) electrons. The molecule has 260 valence electrons. The molecule has 2 aromatic heterocycles. The average Bonchev–Trinajstić information content (AvgIpc) is 3.41. The normalized spacial score (nSPS) is 18.5. The maximum atomic E-state index is 12.5. The molecule has 1 amide bonds. The van der Waals surface area contributed by atoms with E-state index in [2.05, 4.69) is 19.1 Å². The molecule has 2 atom stereocenters. The maximum Gasteiger partial charge on any atom is 0.410 e. The van der Waals surface area contributed by atoms with E-state index in [4.69, 9.17) is 29.0 Å². The van der Waals surface area contributed by atoms with Crippen molar-refractivity contribution < 1.29 is 23.7 Å². The van der Waals surface area contributed by atoms with Gasteiger partial charge in [-0.05, 0) is 75.3 Å². The SMILES string of the molecule is C[C@H]1CC2(CC[C@@H]1Oc1ccc3c(-c4ccc(OCc5ccccc5)nc4OCc4ccccc4)nn(C)c3c1)CN(C(=O)OC(C)(C)C)C2. The van der Waals surface area contributed by atoms with Crippen molar-refractivity contribution in [3.63, 3.8) is 0 Å². The van der Waals surface area contributed by atoms with E-state index >= 15 is 0 Å². The first-order valence-electron chi connectivity index (χ1n) is 17.5. The summed E-state index contributed by atoms with van der Waals surface area (Å²) >= 11 is 0. The third-order valence-corrected chi connectivity index (χ3v) is 9.70. The number of hydrogen-bond acceptors (Lipinski definition) is 7. The Bertz CT molecular complexity index is 1950. The summed E-state index contributed by atoms with van der Waals surface area (Å²) < 4.78 is 26.5. The van der Waals surface area contributed by atoms with E-state index in [0.29, 0.717) is 30.9 Å². The second-order valence-electron chi connectivity index (χ2n) is 14.9. The number of aryl methyl sites for hydroxylation is 1. The number of amides is 1. The first-order valence-corrected chi connectivity index (χ1v) is 17.5. The smallest absolute Gasteiger partial charge is 0.410 e. The third-order valence-electron chi connectivity index (χ3n) is 9.70. The molecular weight excluding hydrogens is 628 g/mol. The van der Waals surface area contributed by atoms with E-state index in [1.807, 2.05) is 116 Å². The Balaban J connectivity index is 1.07. The topological polar surface area (TPSA) is 87.9 Å². The molecule has 9 nitrogen and oxygen atoms in total. The van der Waals surface area contributed by atoms with Gasteiger partial charge in [0.1, 0.15) is 36.4 Å². The molecule has 7 rings (SSSR count). The van der Waals surface area contributed by atoms with Gasteiger partial charge in [-0.3, -0.25) is 4.68 Å². The lowest BCUT2D eigenvalue weighted by atomic mass is 9.64. The number of hydrogen-bond donors (Lipinski definition) is 0. The lowest BCUT2D eigenvalue weighted by molar-refractivity contribution is -0.0757. The molecule has 0 N–H and O–H groups in total. The van der Waals surface area contributed by atoms with Gasteiger partial charge in [0.2, 0.25) is 11.8 Å². The molecule has 9 heteroatoms. The maximum absolute atomic E-state index is 12.5. The fourth-order valence-electron chi connectivity index (χ4n) is 7.27. The third kappa shape index (κ3) is 7.42. The van der Waals surface area contributed by atoms with E-state index in [9.17, 15) is 4.79 Å². The summed E-state index contributed by atoms with van der Waals surface area (Å²) in [5, 5.41) is 5.92.